The molecule has 2 aromatic carbocycles. The molecule has 0 aliphatic heterocycles. The third-order valence-electron chi connectivity index (χ3n) is 2.12. The Bertz CT molecular complexity index is 477. The van der Waals surface area contributed by atoms with Crippen molar-refractivity contribution in [3.05, 3.63) is 30.3 Å². The van der Waals surface area contributed by atoms with Gasteiger partial charge in [-0.3, -0.25) is 0 Å². The molecule has 0 radical (unpaired) electrons. The van der Waals surface area contributed by atoms with Crippen LogP contribution >= 0.6 is 0 Å². The molecule has 0 spiro atoms. The quantitative estimate of drug-likeness (QED) is 0.725. The zero-order valence-corrected chi connectivity index (χ0v) is 7.69. The molecule has 0 aromatic heterocycles. The van der Waals surface area contributed by atoms with Gasteiger partial charge in [0, 0.05) is 0 Å². The third kappa shape index (κ3) is 1.33. The van der Waals surface area contributed by atoms with E-state index in [0.717, 1.165) is 10.8 Å². The lowest BCUT2D eigenvalue weighted by Gasteiger charge is -2.05. The Morgan fingerprint density at radius 2 is 1.79 bits per heavy atom. The molecule has 0 bridgehead atoms. The van der Waals surface area contributed by atoms with Gasteiger partial charge >= 0.3 is 0 Å². The van der Waals surface area contributed by atoms with Crippen molar-refractivity contribution in [1.82, 2.24) is 0 Å². The van der Waals surface area contributed by atoms with Crippen molar-refractivity contribution >= 4 is 10.8 Å². The van der Waals surface area contributed by atoms with Crippen LogP contribution in [0.25, 0.3) is 10.8 Å². The summed E-state index contributed by atoms with van der Waals surface area (Å²) >= 11 is 0. The van der Waals surface area contributed by atoms with E-state index >= 15 is 0 Å². The molecule has 0 heterocycles. The molecule has 2 N–H and O–H groups in total. The highest BCUT2D eigenvalue weighted by Gasteiger charge is 2.03. The van der Waals surface area contributed by atoms with Crippen LogP contribution in [0.5, 0.6) is 17.2 Å². The molecular formula is C11H10O3. The van der Waals surface area contributed by atoms with Crippen LogP contribution in [0.4, 0.5) is 0 Å². The molecule has 2 rings (SSSR count). The summed E-state index contributed by atoms with van der Waals surface area (Å²) in [6.07, 6.45) is 0. The van der Waals surface area contributed by atoms with Gasteiger partial charge < -0.3 is 14.9 Å². The number of aromatic hydroxyl groups is 2. The molecule has 72 valence electrons. The van der Waals surface area contributed by atoms with E-state index in [0.29, 0.717) is 5.75 Å². The Hall–Kier alpha value is -1.90. The normalized spacial score (nSPS) is 10.4. The Morgan fingerprint density at radius 1 is 1.00 bits per heavy atom. The fourth-order valence-corrected chi connectivity index (χ4v) is 1.42. The van der Waals surface area contributed by atoms with Crippen molar-refractivity contribution in [3.63, 3.8) is 0 Å². The van der Waals surface area contributed by atoms with Crippen molar-refractivity contribution in [3.8, 4) is 17.2 Å². The minimum Gasteiger partial charge on any atom is -0.508 e. The molecule has 0 aliphatic carbocycles. The summed E-state index contributed by atoms with van der Waals surface area (Å²) in [4.78, 5) is 0. The van der Waals surface area contributed by atoms with E-state index in [1.807, 2.05) is 0 Å². The van der Waals surface area contributed by atoms with Gasteiger partial charge in [0.25, 0.3) is 0 Å². The Morgan fingerprint density at radius 3 is 2.50 bits per heavy atom. The number of fused-ring (bicyclic) bond motifs is 1. The highest BCUT2D eigenvalue weighted by molar-refractivity contribution is 5.87. The minimum atomic E-state index is 0.0746. The van der Waals surface area contributed by atoms with E-state index in [2.05, 4.69) is 0 Å². The van der Waals surface area contributed by atoms with Crippen LogP contribution < -0.4 is 4.74 Å². The van der Waals surface area contributed by atoms with Crippen LogP contribution in [0.3, 0.4) is 0 Å². The first-order valence-corrected chi connectivity index (χ1v) is 4.20. The topological polar surface area (TPSA) is 49.7 Å². The fraction of sp³-hybridized carbons (Fsp3) is 0.0909. The second-order valence-corrected chi connectivity index (χ2v) is 3.06. The van der Waals surface area contributed by atoms with Crippen LogP contribution in [-0.2, 0) is 0 Å². The lowest BCUT2D eigenvalue weighted by Crippen LogP contribution is -1.83. The van der Waals surface area contributed by atoms with E-state index in [1.54, 1.807) is 30.3 Å². The minimum absolute atomic E-state index is 0.0746. The summed E-state index contributed by atoms with van der Waals surface area (Å²) in [7, 11) is 1.50. The molecule has 0 atom stereocenters. The summed E-state index contributed by atoms with van der Waals surface area (Å²) in [5, 5.41) is 20.4. The van der Waals surface area contributed by atoms with Gasteiger partial charge in [-0.25, -0.2) is 0 Å². The lowest BCUT2D eigenvalue weighted by atomic mass is 10.1. The van der Waals surface area contributed by atoms with Gasteiger partial charge in [-0.2, -0.15) is 0 Å². The number of phenolic OH excluding ortho intramolecular Hbond substituents is 2. The average Bonchev–Trinajstić information content (AvgIpc) is 2.16. The monoisotopic (exact) mass is 190 g/mol. The number of hydrogen-bond acceptors (Lipinski definition) is 3. The van der Waals surface area contributed by atoms with Crippen molar-refractivity contribution in [2.75, 3.05) is 7.11 Å². The number of benzene rings is 2. The fourth-order valence-electron chi connectivity index (χ4n) is 1.42. The number of hydrogen-bond donors (Lipinski definition) is 2. The predicted octanol–water partition coefficient (Wildman–Crippen LogP) is 2.26. The molecule has 0 saturated carbocycles. The van der Waals surface area contributed by atoms with E-state index in [-0.39, 0.29) is 11.5 Å². The molecule has 3 heteroatoms. The molecular weight excluding hydrogens is 180 g/mol. The molecule has 0 fully saturated rings. The summed E-state index contributed by atoms with van der Waals surface area (Å²) in [6, 6.07) is 8.25. The van der Waals surface area contributed by atoms with E-state index < -0.39 is 0 Å². The highest BCUT2D eigenvalue weighted by Crippen LogP contribution is 2.32. The van der Waals surface area contributed by atoms with Crippen molar-refractivity contribution in [1.29, 1.82) is 0 Å². The van der Waals surface area contributed by atoms with Gasteiger partial charge in [0.15, 0.2) is 11.5 Å². The van der Waals surface area contributed by atoms with Gasteiger partial charge in [-0.1, -0.05) is 6.07 Å². The molecule has 3 nitrogen and oxygen atoms in total. The van der Waals surface area contributed by atoms with Crippen LogP contribution in [0.15, 0.2) is 30.3 Å². The summed E-state index contributed by atoms with van der Waals surface area (Å²) in [5.41, 5.74) is 0. The van der Waals surface area contributed by atoms with E-state index in [9.17, 15) is 10.2 Å². The molecule has 0 amide bonds. The first-order valence-electron chi connectivity index (χ1n) is 4.20. The Labute approximate surface area is 81.2 Å². The lowest BCUT2D eigenvalue weighted by molar-refractivity contribution is 0.374. The van der Waals surface area contributed by atoms with Crippen LogP contribution in [0.2, 0.25) is 0 Å². The predicted molar refractivity (Wildman–Crippen MR) is 53.8 cm³/mol. The molecule has 0 saturated heterocycles. The number of methoxy groups -OCH3 is 1. The first-order chi connectivity index (χ1) is 6.70. The maximum atomic E-state index is 9.49. The SMILES string of the molecule is COc1cc2ccc(O)cc2cc1O. The average molecular weight is 190 g/mol. The van der Waals surface area contributed by atoms with Gasteiger partial charge in [0.2, 0.25) is 0 Å². The van der Waals surface area contributed by atoms with E-state index in [4.69, 9.17) is 4.74 Å². The van der Waals surface area contributed by atoms with Gasteiger partial charge in [0.1, 0.15) is 5.75 Å². The van der Waals surface area contributed by atoms with Crippen molar-refractivity contribution < 1.29 is 14.9 Å². The molecule has 0 unspecified atom stereocenters. The summed E-state index contributed by atoms with van der Waals surface area (Å²) in [5.74, 6) is 0.691. The zero-order chi connectivity index (χ0) is 10.1. The van der Waals surface area contributed by atoms with Crippen LogP contribution in [0.1, 0.15) is 0 Å². The standard InChI is InChI=1S/C11H10O3/c1-14-11-6-7-2-3-9(12)4-8(7)5-10(11)13/h2-6,12-13H,1H3. The largest absolute Gasteiger partial charge is 0.508 e. The Balaban J connectivity index is 2.73. The number of ether oxygens (including phenoxy) is 1. The first kappa shape index (κ1) is 8.69. The third-order valence-corrected chi connectivity index (χ3v) is 2.12. The summed E-state index contributed by atoms with van der Waals surface area (Å²) < 4.78 is 4.97. The van der Waals surface area contributed by atoms with Gasteiger partial charge in [0.05, 0.1) is 7.11 Å². The second-order valence-electron chi connectivity index (χ2n) is 3.06. The van der Waals surface area contributed by atoms with E-state index in [1.165, 1.54) is 7.11 Å². The zero-order valence-electron chi connectivity index (χ0n) is 7.69. The van der Waals surface area contributed by atoms with Gasteiger partial charge in [-0.05, 0) is 35.0 Å². The van der Waals surface area contributed by atoms with Crippen molar-refractivity contribution in [2.45, 2.75) is 0 Å². The number of phenols is 2. The molecule has 0 aliphatic rings. The van der Waals surface area contributed by atoms with Crippen LogP contribution in [-0.4, -0.2) is 17.3 Å². The number of rotatable bonds is 1. The van der Waals surface area contributed by atoms with Crippen molar-refractivity contribution in [2.24, 2.45) is 0 Å². The van der Waals surface area contributed by atoms with Crippen LogP contribution in [0, 0.1) is 0 Å². The highest BCUT2D eigenvalue weighted by atomic mass is 16.5. The molecule has 2 aromatic rings. The van der Waals surface area contributed by atoms with Gasteiger partial charge in [-0.15, -0.1) is 0 Å². The summed E-state index contributed by atoms with van der Waals surface area (Å²) in [6.45, 7) is 0. The smallest absolute Gasteiger partial charge is 0.161 e. The Kier molecular flexibility index (Phi) is 1.93. The second kappa shape index (κ2) is 3.10. The maximum absolute atomic E-state index is 9.49. The maximum Gasteiger partial charge on any atom is 0.161 e. The molecule has 14 heavy (non-hydrogen) atoms.